The van der Waals surface area contributed by atoms with E-state index in [0.29, 0.717) is 18.4 Å². The third kappa shape index (κ3) is 5.11. The Balaban J connectivity index is 3.84. The number of nitrogens with one attached hydrogen (secondary N) is 1. The van der Waals surface area contributed by atoms with Crippen LogP contribution in [0.25, 0.3) is 0 Å². The van der Waals surface area contributed by atoms with E-state index in [1.807, 2.05) is 6.92 Å². The van der Waals surface area contributed by atoms with E-state index >= 15 is 0 Å². The van der Waals surface area contributed by atoms with Crippen LogP contribution in [0, 0.1) is 11.8 Å². The predicted octanol–water partition coefficient (Wildman–Crippen LogP) is 1.55. The molecule has 74 valence electrons. The van der Waals surface area contributed by atoms with Crippen LogP contribution in [0.3, 0.4) is 0 Å². The van der Waals surface area contributed by atoms with Crippen LogP contribution < -0.4 is 4.72 Å². The fourth-order valence-corrected chi connectivity index (χ4v) is 1.61. The standard InChI is InChI=1S/C7H16BrNO2S/c1-6(2)7(3)4-9-12(10,11)5-8/h6-7,9H,4-5H2,1-3H3. The molecule has 0 heterocycles. The zero-order valence-electron chi connectivity index (χ0n) is 7.67. The highest BCUT2D eigenvalue weighted by Crippen LogP contribution is 2.08. The first-order valence-electron chi connectivity index (χ1n) is 3.92. The van der Waals surface area contributed by atoms with Gasteiger partial charge in [0.1, 0.15) is 4.66 Å². The van der Waals surface area contributed by atoms with Gasteiger partial charge in [0, 0.05) is 6.54 Å². The lowest BCUT2D eigenvalue weighted by Gasteiger charge is -2.15. The highest BCUT2D eigenvalue weighted by atomic mass is 79.9. The van der Waals surface area contributed by atoms with Gasteiger partial charge in [0.05, 0.1) is 0 Å². The van der Waals surface area contributed by atoms with Crippen LogP contribution >= 0.6 is 15.9 Å². The van der Waals surface area contributed by atoms with Crippen molar-refractivity contribution >= 4 is 26.0 Å². The first-order chi connectivity index (χ1) is 5.39. The maximum atomic E-state index is 11.0. The lowest BCUT2D eigenvalue weighted by atomic mass is 9.99. The second-order valence-corrected chi connectivity index (χ2v) is 6.40. The lowest BCUT2D eigenvalue weighted by Crippen LogP contribution is -2.30. The first kappa shape index (κ1) is 12.4. The molecule has 1 N–H and O–H groups in total. The van der Waals surface area contributed by atoms with Gasteiger partial charge in [0.2, 0.25) is 10.0 Å². The van der Waals surface area contributed by atoms with E-state index < -0.39 is 10.0 Å². The van der Waals surface area contributed by atoms with Crippen molar-refractivity contribution in [2.24, 2.45) is 11.8 Å². The van der Waals surface area contributed by atoms with E-state index in [9.17, 15) is 8.42 Å². The van der Waals surface area contributed by atoms with Crippen LogP contribution in [-0.4, -0.2) is 19.6 Å². The Bertz CT molecular complexity index is 213. The van der Waals surface area contributed by atoms with Gasteiger partial charge in [-0.05, 0) is 11.8 Å². The average Bonchev–Trinajstić information content (AvgIpc) is 2.00. The third-order valence-corrected chi connectivity index (χ3v) is 4.61. The Labute approximate surface area is 83.1 Å². The van der Waals surface area contributed by atoms with Crippen molar-refractivity contribution in [3.8, 4) is 0 Å². The monoisotopic (exact) mass is 257 g/mol. The summed E-state index contributed by atoms with van der Waals surface area (Å²) in [5.41, 5.74) is 0. The summed E-state index contributed by atoms with van der Waals surface area (Å²) in [7, 11) is -3.08. The minimum Gasteiger partial charge on any atom is -0.214 e. The van der Waals surface area contributed by atoms with Gasteiger partial charge in [0.15, 0.2) is 0 Å². The third-order valence-electron chi connectivity index (χ3n) is 1.91. The first-order valence-corrected chi connectivity index (χ1v) is 6.69. The van der Waals surface area contributed by atoms with Gasteiger partial charge in [-0.15, -0.1) is 0 Å². The van der Waals surface area contributed by atoms with Crippen molar-refractivity contribution in [1.82, 2.24) is 4.72 Å². The predicted molar refractivity (Wildman–Crippen MR) is 54.7 cm³/mol. The van der Waals surface area contributed by atoms with E-state index in [1.54, 1.807) is 0 Å². The topological polar surface area (TPSA) is 46.2 Å². The van der Waals surface area contributed by atoms with E-state index in [-0.39, 0.29) is 4.66 Å². The summed E-state index contributed by atoms with van der Waals surface area (Å²) < 4.78 is 24.4. The Morgan fingerprint density at radius 2 is 1.83 bits per heavy atom. The molecule has 0 aromatic carbocycles. The SMILES string of the molecule is CC(C)C(C)CNS(=O)(=O)CBr. The van der Waals surface area contributed by atoms with Crippen molar-refractivity contribution in [3.05, 3.63) is 0 Å². The van der Waals surface area contributed by atoms with Crippen LogP contribution in [0.5, 0.6) is 0 Å². The molecule has 0 saturated heterocycles. The molecule has 1 unspecified atom stereocenters. The maximum absolute atomic E-state index is 11.0. The summed E-state index contributed by atoms with van der Waals surface area (Å²) in [6.45, 7) is 6.70. The number of halogens is 1. The minimum atomic E-state index is -3.08. The molecular weight excluding hydrogens is 242 g/mol. The number of hydrogen-bond donors (Lipinski definition) is 1. The summed E-state index contributed by atoms with van der Waals surface area (Å²) in [5, 5.41) is 0. The van der Waals surface area contributed by atoms with Crippen molar-refractivity contribution in [1.29, 1.82) is 0 Å². The number of alkyl halides is 1. The molecule has 5 heteroatoms. The van der Waals surface area contributed by atoms with Crippen molar-refractivity contribution in [3.63, 3.8) is 0 Å². The minimum absolute atomic E-state index is 0.0230. The molecular formula is C7H16BrNO2S. The number of rotatable bonds is 5. The molecule has 0 rings (SSSR count). The summed E-state index contributed by atoms with van der Waals surface area (Å²) in [4.78, 5) is 0. The van der Waals surface area contributed by atoms with Crippen LogP contribution in [0.1, 0.15) is 20.8 Å². The molecule has 0 aliphatic carbocycles. The van der Waals surface area contributed by atoms with E-state index in [0.717, 1.165) is 0 Å². The molecule has 12 heavy (non-hydrogen) atoms. The van der Waals surface area contributed by atoms with Crippen molar-refractivity contribution < 1.29 is 8.42 Å². The van der Waals surface area contributed by atoms with E-state index in [1.165, 1.54) is 0 Å². The quantitative estimate of drug-likeness (QED) is 0.760. The molecule has 0 amide bonds. The molecule has 3 nitrogen and oxygen atoms in total. The molecule has 0 aliphatic rings. The zero-order valence-corrected chi connectivity index (χ0v) is 10.1. The van der Waals surface area contributed by atoms with Gasteiger partial charge >= 0.3 is 0 Å². The molecule has 0 bridgehead atoms. The van der Waals surface area contributed by atoms with Crippen LogP contribution in [0.4, 0.5) is 0 Å². The molecule has 0 aliphatic heterocycles. The van der Waals surface area contributed by atoms with Crippen LogP contribution in [-0.2, 0) is 10.0 Å². The van der Waals surface area contributed by atoms with Gasteiger partial charge in [-0.1, -0.05) is 36.7 Å². The average molecular weight is 258 g/mol. The molecule has 0 fully saturated rings. The van der Waals surface area contributed by atoms with Crippen molar-refractivity contribution in [2.45, 2.75) is 20.8 Å². The largest absolute Gasteiger partial charge is 0.221 e. The molecule has 0 aromatic heterocycles. The van der Waals surface area contributed by atoms with Crippen LogP contribution in [0.2, 0.25) is 0 Å². The fourth-order valence-electron chi connectivity index (χ4n) is 0.533. The second kappa shape index (κ2) is 5.19. The van der Waals surface area contributed by atoms with Gasteiger partial charge < -0.3 is 0 Å². The molecule has 0 spiro atoms. The fraction of sp³-hybridized carbons (Fsp3) is 1.00. The Morgan fingerprint density at radius 1 is 1.33 bits per heavy atom. The summed E-state index contributed by atoms with van der Waals surface area (Å²) in [6, 6.07) is 0. The summed E-state index contributed by atoms with van der Waals surface area (Å²) in [6.07, 6.45) is 0. The Morgan fingerprint density at radius 3 is 2.17 bits per heavy atom. The van der Waals surface area contributed by atoms with Gasteiger partial charge in [-0.25, -0.2) is 13.1 Å². The smallest absolute Gasteiger partial charge is 0.214 e. The van der Waals surface area contributed by atoms with E-state index in [4.69, 9.17) is 0 Å². The second-order valence-electron chi connectivity index (χ2n) is 3.29. The number of hydrogen-bond acceptors (Lipinski definition) is 2. The molecule has 0 aromatic rings. The Kier molecular flexibility index (Phi) is 5.36. The molecule has 0 saturated carbocycles. The van der Waals surface area contributed by atoms with Gasteiger partial charge in [-0.2, -0.15) is 0 Å². The lowest BCUT2D eigenvalue weighted by molar-refractivity contribution is 0.415. The normalized spacial score (nSPS) is 15.1. The van der Waals surface area contributed by atoms with Crippen molar-refractivity contribution in [2.75, 3.05) is 11.2 Å². The maximum Gasteiger partial charge on any atom is 0.221 e. The summed E-state index contributed by atoms with van der Waals surface area (Å²) in [5.74, 6) is 0.877. The van der Waals surface area contributed by atoms with Gasteiger partial charge in [0.25, 0.3) is 0 Å². The highest BCUT2D eigenvalue weighted by molar-refractivity contribution is 9.10. The van der Waals surface area contributed by atoms with Gasteiger partial charge in [-0.3, -0.25) is 0 Å². The van der Waals surface area contributed by atoms with E-state index in [2.05, 4.69) is 34.5 Å². The molecule has 0 radical (unpaired) electrons. The zero-order chi connectivity index (χ0) is 9.78. The number of sulfonamides is 1. The summed E-state index contributed by atoms with van der Waals surface area (Å²) >= 11 is 2.91. The highest BCUT2D eigenvalue weighted by Gasteiger charge is 2.11. The Hall–Kier alpha value is 0.390. The van der Waals surface area contributed by atoms with Crippen LogP contribution in [0.15, 0.2) is 0 Å². The molecule has 1 atom stereocenters.